The van der Waals surface area contributed by atoms with Gasteiger partial charge in [-0.05, 0) is 19.1 Å². The van der Waals surface area contributed by atoms with Gasteiger partial charge in [0.2, 0.25) is 0 Å². The van der Waals surface area contributed by atoms with E-state index in [2.05, 4.69) is 26.9 Å². The lowest BCUT2D eigenvalue weighted by Gasteiger charge is -2.06. The summed E-state index contributed by atoms with van der Waals surface area (Å²) in [6.07, 6.45) is 5.18. The van der Waals surface area contributed by atoms with Gasteiger partial charge in [0.25, 0.3) is 0 Å². The van der Waals surface area contributed by atoms with Gasteiger partial charge in [-0.1, -0.05) is 18.1 Å². The molecule has 0 unspecified atom stereocenters. The van der Waals surface area contributed by atoms with E-state index in [1.165, 1.54) is 5.52 Å². The number of hydrogen-bond donors (Lipinski definition) is 1. The van der Waals surface area contributed by atoms with Crippen molar-refractivity contribution < 1.29 is 0 Å². The van der Waals surface area contributed by atoms with Crippen molar-refractivity contribution in [2.75, 3.05) is 13.1 Å². The zero-order valence-corrected chi connectivity index (χ0v) is 9.40. The van der Waals surface area contributed by atoms with Gasteiger partial charge in [-0.15, -0.1) is 6.42 Å². The van der Waals surface area contributed by atoms with E-state index < -0.39 is 0 Å². The number of terminal acetylenes is 1. The molecule has 0 aliphatic carbocycles. The van der Waals surface area contributed by atoms with Gasteiger partial charge < -0.3 is 9.88 Å². The number of fused-ring (bicyclic) bond motifs is 1. The van der Waals surface area contributed by atoms with Crippen LogP contribution < -0.4 is 5.32 Å². The predicted octanol–water partition coefficient (Wildman–Crippen LogP) is 1.57. The molecule has 2 aromatic rings. The maximum absolute atomic E-state index is 5.18. The van der Waals surface area contributed by atoms with Crippen molar-refractivity contribution >= 4 is 11.0 Å². The molecular formula is C13H15N3. The minimum atomic E-state index is 0.617. The maximum atomic E-state index is 5.18. The van der Waals surface area contributed by atoms with Crippen LogP contribution in [0.5, 0.6) is 0 Å². The van der Waals surface area contributed by atoms with Gasteiger partial charge in [0, 0.05) is 13.1 Å². The molecule has 0 radical (unpaired) electrons. The number of aromatic nitrogens is 2. The third kappa shape index (κ3) is 2.07. The number of benzene rings is 1. The SMILES string of the molecule is C#CCNCCn1c(C)nc2ccccc21. The van der Waals surface area contributed by atoms with E-state index in [9.17, 15) is 0 Å². The Hall–Kier alpha value is -1.79. The largest absolute Gasteiger partial charge is 0.327 e. The first-order valence-electron chi connectivity index (χ1n) is 5.39. The predicted molar refractivity (Wildman–Crippen MR) is 66.2 cm³/mol. The van der Waals surface area contributed by atoms with Gasteiger partial charge in [-0.3, -0.25) is 0 Å². The average Bonchev–Trinajstić information content (AvgIpc) is 2.61. The number of para-hydroxylation sites is 2. The second kappa shape index (κ2) is 4.82. The van der Waals surface area contributed by atoms with Crippen LogP contribution in [-0.2, 0) is 6.54 Å². The van der Waals surface area contributed by atoms with E-state index in [0.29, 0.717) is 6.54 Å². The Morgan fingerprint density at radius 2 is 2.25 bits per heavy atom. The molecule has 0 saturated heterocycles. The smallest absolute Gasteiger partial charge is 0.106 e. The van der Waals surface area contributed by atoms with Crippen molar-refractivity contribution in [1.82, 2.24) is 14.9 Å². The fraction of sp³-hybridized carbons (Fsp3) is 0.308. The molecule has 3 heteroatoms. The van der Waals surface area contributed by atoms with Gasteiger partial charge in [0.15, 0.2) is 0 Å². The van der Waals surface area contributed by atoms with Crippen molar-refractivity contribution in [3.63, 3.8) is 0 Å². The highest BCUT2D eigenvalue weighted by Crippen LogP contribution is 2.14. The molecule has 1 N–H and O–H groups in total. The number of nitrogens with zero attached hydrogens (tertiary/aromatic N) is 2. The number of imidazole rings is 1. The Kier molecular flexibility index (Phi) is 3.23. The molecule has 2 rings (SSSR count). The van der Waals surface area contributed by atoms with Crippen molar-refractivity contribution in [3.8, 4) is 12.3 Å². The van der Waals surface area contributed by atoms with Crippen LogP contribution in [0.4, 0.5) is 0 Å². The van der Waals surface area contributed by atoms with Crippen LogP contribution in [0.2, 0.25) is 0 Å². The first-order chi connectivity index (χ1) is 7.83. The van der Waals surface area contributed by atoms with Crippen LogP contribution in [0.25, 0.3) is 11.0 Å². The third-order valence-electron chi connectivity index (χ3n) is 2.58. The van der Waals surface area contributed by atoms with Crippen LogP contribution >= 0.6 is 0 Å². The highest BCUT2D eigenvalue weighted by Gasteiger charge is 2.05. The number of aryl methyl sites for hydroxylation is 1. The monoisotopic (exact) mass is 213 g/mol. The third-order valence-corrected chi connectivity index (χ3v) is 2.58. The molecule has 1 aromatic heterocycles. The Balaban J connectivity index is 2.17. The molecule has 0 amide bonds. The molecule has 3 nitrogen and oxygen atoms in total. The number of nitrogens with one attached hydrogen (secondary N) is 1. The molecule has 0 fully saturated rings. The van der Waals surface area contributed by atoms with Crippen molar-refractivity contribution in [2.45, 2.75) is 13.5 Å². The normalized spacial score (nSPS) is 10.5. The minimum Gasteiger partial charge on any atom is -0.327 e. The topological polar surface area (TPSA) is 29.9 Å². The zero-order chi connectivity index (χ0) is 11.4. The first kappa shape index (κ1) is 10.7. The Labute approximate surface area is 95.5 Å². The number of hydrogen-bond acceptors (Lipinski definition) is 2. The van der Waals surface area contributed by atoms with E-state index in [1.54, 1.807) is 0 Å². The summed E-state index contributed by atoms with van der Waals surface area (Å²) in [6, 6.07) is 8.18. The summed E-state index contributed by atoms with van der Waals surface area (Å²) < 4.78 is 2.21. The highest BCUT2D eigenvalue weighted by atomic mass is 15.1. The zero-order valence-electron chi connectivity index (χ0n) is 9.40. The van der Waals surface area contributed by atoms with Crippen LogP contribution in [0.15, 0.2) is 24.3 Å². The molecule has 1 aromatic carbocycles. The molecule has 82 valence electrons. The van der Waals surface area contributed by atoms with Crippen molar-refractivity contribution in [2.24, 2.45) is 0 Å². The molecule has 0 saturated carbocycles. The Bertz CT molecular complexity index is 519. The van der Waals surface area contributed by atoms with E-state index in [0.717, 1.165) is 24.4 Å². The molecule has 0 spiro atoms. The van der Waals surface area contributed by atoms with Gasteiger partial charge in [-0.25, -0.2) is 4.98 Å². The summed E-state index contributed by atoms with van der Waals surface area (Å²) in [4.78, 5) is 4.51. The first-order valence-corrected chi connectivity index (χ1v) is 5.39. The van der Waals surface area contributed by atoms with Gasteiger partial charge >= 0.3 is 0 Å². The lowest BCUT2D eigenvalue weighted by molar-refractivity contribution is 0.628. The van der Waals surface area contributed by atoms with Gasteiger partial charge in [-0.2, -0.15) is 0 Å². The average molecular weight is 213 g/mol. The van der Waals surface area contributed by atoms with Gasteiger partial charge in [0.05, 0.1) is 17.6 Å². The summed E-state index contributed by atoms with van der Waals surface area (Å²) in [5.74, 6) is 3.61. The number of rotatable bonds is 4. The van der Waals surface area contributed by atoms with Crippen LogP contribution in [0.1, 0.15) is 5.82 Å². The second-order valence-electron chi connectivity index (χ2n) is 3.68. The minimum absolute atomic E-state index is 0.617. The van der Waals surface area contributed by atoms with Crippen LogP contribution in [-0.4, -0.2) is 22.6 Å². The fourth-order valence-electron chi connectivity index (χ4n) is 1.83. The maximum Gasteiger partial charge on any atom is 0.106 e. The van der Waals surface area contributed by atoms with E-state index in [-0.39, 0.29) is 0 Å². The summed E-state index contributed by atoms with van der Waals surface area (Å²) in [5, 5.41) is 3.18. The molecule has 0 bridgehead atoms. The van der Waals surface area contributed by atoms with Crippen molar-refractivity contribution in [3.05, 3.63) is 30.1 Å². The van der Waals surface area contributed by atoms with Crippen molar-refractivity contribution in [1.29, 1.82) is 0 Å². The molecular weight excluding hydrogens is 198 g/mol. The molecule has 0 aliphatic rings. The highest BCUT2D eigenvalue weighted by molar-refractivity contribution is 5.75. The van der Waals surface area contributed by atoms with Crippen LogP contribution in [0.3, 0.4) is 0 Å². The fourth-order valence-corrected chi connectivity index (χ4v) is 1.83. The quantitative estimate of drug-likeness (QED) is 0.617. The molecule has 16 heavy (non-hydrogen) atoms. The van der Waals surface area contributed by atoms with E-state index >= 15 is 0 Å². The molecule has 0 atom stereocenters. The second-order valence-corrected chi connectivity index (χ2v) is 3.68. The summed E-state index contributed by atoms with van der Waals surface area (Å²) in [5.41, 5.74) is 2.24. The Morgan fingerprint density at radius 1 is 1.44 bits per heavy atom. The molecule has 1 heterocycles. The summed E-state index contributed by atoms with van der Waals surface area (Å²) in [6.45, 7) is 4.41. The standard InChI is InChI=1S/C13H15N3/c1-3-8-14-9-10-16-11(2)15-12-6-4-5-7-13(12)16/h1,4-7,14H,8-10H2,2H3. The van der Waals surface area contributed by atoms with E-state index in [1.807, 2.05) is 25.1 Å². The van der Waals surface area contributed by atoms with E-state index in [4.69, 9.17) is 6.42 Å². The summed E-state index contributed by atoms with van der Waals surface area (Å²) in [7, 11) is 0. The van der Waals surface area contributed by atoms with Crippen LogP contribution in [0, 0.1) is 19.3 Å². The summed E-state index contributed by atoms with van der Waals surface area (Å²) >= 11 is 0. The van der Waals surface area contributed by atoms with Gasteiger partial charge in [0.1, 0.15) is 5.82 Å². The Morgan fingerprint density at radius 3 is 3.06 bits per heavy atom. The lowest BCUT2D eigenvalue weighted by Crippen LogP contribution is -2.20. The lowest BCUT2D eigenvalue weighted by atomic mass is 10.3. The molecule has 0 aliphatic heterocycles.